The van der Waals surface area contributed by atoms with Crippen LogP contribution < -0.4 is 15.5 Å². The van der Waals surface area contributed by atoms with E-state index in [1.165, 1.54) is 0 Å². The molecule has 0 spiro atoms. The van der Waals surface area contributed by atoms with Crippen LogP contribution in [0.3, 0.4) is 0 Å². The molecule has 3 aromatic carbocycles. The standard InChI is InChI=1S/C24H25N3O2/c1-4-25-23(28)18-15-14-17(2)21(16-18)26-24(29)20-12-8-9-13-22(20)27(3)19-10-6-5-7-11-19/h5-16H,4H2,1-3H3,(H,25,28)(H,26,29). The first-order valence-electron chi connectivity index (χ1n) is 9.59. The van der Waals surface area contributed by atoms with Gasteiger partial charge in [0.25, 0.3) is 11.8 Å². The van der Waals surface area contributed by atoms with Gasteiger partial charge in [-0.2, -0.15) is 0 Å². The monoisotopic (exact) mass is 387 g/mol. The van der Waals surface area contributed by atoms with E-state index >= 15 is 0 Å². The Morgan fingerprint density at radius 3 is 2.31 bits per heavy atom. The van der Waals surface area contributed by atoms with E-state index in [0.717, 1.165) is 16.9 Å². The zero-order valence-corrected chi connectivity index (χ0v) is 16.9. The van der Waals surface area contributed by atoms with E-state index in [2.05, 4.69) is 10.6 Å². The van der Waals surface area contributed by atoms with E-state index in [1.807, 2.05) is 80.4 Å². The molecule has 5 heteroatoms. The zero-order chi connectivity index (χ0) is 20.8. The number of nitrogens with one attached hydrogen (secondary N) is 2. The lowest BCUT2D eigenvalue weighted by Gasteiger charge is -2.22. The molecule has 0 aromatic heterocycles. The Bertz CT molecular complexity index is 1020. The Kier molecular flexibility index (Phi) is 6.29. The van der Waals surface area contributed by atoms with Crippen molar-refractivity contribution in [2.45, 2.75) is 13.8 Å². The van der Waals surface area contributed by atoms with Gasteiger partial charge in [0.2, 0.25) is 0 Å². The summed E-state index contributed by atoms with van der Waals surface area (Å²) in [5.74, 6) is -0.383. The summed E-state index contributed by atoms with van der Waals surface area (Å²) < 4.78 is 0. The number of hydrogen-bond acceptors (Lipinski definition) is 3. The number of nitrogens with zero attached hydrogens (tertiary/aromatic N) is 1. The number of carbonyl (C=O) groups is 2. The van der Waals surface area contributed by atoms with Gasteiger partial charge in [-0.05, 0) is 55.8 Å². The van der Waals surface area contributed by atoms with E-state index in [0.29, 0.717) is 23.4 Å². The third-order valence-electron chi connectivity index (χ3n) is 4.74. The number of rotatable bonds is 6. The summed E-state index contributed by atoms with van der Waals surface area (Å²) in [7, 11) is 1.93. The molecule has 3 aromatic rings. The van der Waals surface area contributed by atoms with Gasteiger partial charge in [-0.25, -0.2) is 0 Å². The zero-order valence-electron chi connectivity index (χ0n) is 16.9. The van der Waals surface area contributed by atoms with Crippen molar-refractivity contribution in [3.8, 4) is 0 Å². The van der Waals surface area contributed by atoms with Crippen LogP contribution >= 0.6 is 0 Å². The van der Waals surface area contributed by atoms with E-state index < -0.39 is 0 Å². The number of anilines is 3. The molecule has 0 saturated heterocycles. The summed E-state index contributed by atoms with van der Waals surface area (Å²) in [6, 6.07) is 22.6. The third-order valence-corrected chi connectivity index (χ3v) is 4.74. The average molecular weight is 387 g/mol. The summed E-state index contributed by atoms with van der Waals surface area (Å²) in [6.45, 7) is 4.32. The number of amides is 2. The Morgan fingerprint density at radius 1 is 0.897 bits per heavy atom. The van der Waals surface area contributed by atoms with Gasteiger partial charge in [0.1, 0.15) is 0 Å². The molecule has 0 heterocycles. The number of para-hydroxylation sites is 2. The molecule has 148 valence electrons. The quantitative estimate of drug-likeness (QED) is 0.641. The first-order valence-corrected chi connectivity index (χ1v) is 9.59. The minimum absolute atomic E-state index is 0.160. The number of aryl methyl sites for hydroxylation is 1. The fourth-order valence-corrected chi connectivity index (χ4v) is 3.10. The largest absolute Gasteiger partial charge is 0.352 e. The predicted octanol–water partition coefficient (Wildman–Crippen LogP) is 4.76. The lowest BCUT2D eigenvalue weighted by atomic mass is 10.1. The minimum Gasteiger partial charge on any atom is -0.352 e. The highest BCUT2D eigenvalue weighted by molar-refractivity contribution is 6.09. The Balaban J connectivity index is 1.89. The van der Waals surface area contributed by atoms with Crippen LogP contribution in [0.15, 0.2) is 72.8 Å². The molecule has 0 radical (unpaired) electrons. The highest BCUT2D eigenvalue weighted by Gasteiger charge is 2.16. The molecule has 5 nitrogen and oxygen atoms in total. The Labute approximate surface area is 171 Å². The van der Waals surface area contributed by atoms with Crippen molar-refractivity contribution in [1.29, 1.82) is 0 Å². The lowest BCUT2D eigenvalue weighted by Crippen LogP contribution is -2.23. The van der Waals surface area contributed by atoms with Crippen molar-refractivity contribution in [3.63, 3.8) is 0 Å². The highest BCUT2D eigenvalue weighted by Crippen LogP contribution is 2.28. The summed E-state index contributed by atoms with van der Waals surface area (Å²) in [5.41, 5.74) is 4.37. The van der Waals surface area contributed by atoms with Crippen LogP contribution in [0.2, 0.25) is 0 Å². The smallest absolute Gasteiger partial charge is 0.257 e. The molecule has 2 amide bonds. The summed E-state index contributed by atoms with van der Waals surface area (Å²) in [4.78, 5) is 27.2. The van der Waals surface area contributed by atoms with Crippen LogP contribution in [0, 0.1) is 6.92 Å². The molecule has 0 aliphatic carbocycles. The summed E-state index contributed by atoms with van der Waals surface area (Å²) in [5, 5.41) is 5.74. The maximum absolute atomic E-state index is 13.1. The molecule has 0 aliphatic heterocycles. The number of benzene rings is 3. The van der Waals surface area contributed by atoms with E-state index in [9.17, 15) is 9.59 Å². The fraction of sp³-hybridized carbons (Fsp3) is 0.167. The molecule has 0 unspecified atom stereocenters. The van der Waals surface area contributed by atoms with Crippen LogP contribution in [-0.4, -0.2) is 25.4 Å². The molecular formula is C24H25N3O2. The van der Waals surface area contributed by atoms with E-state index in [-0.39, 0.29) is 11.8 Å². The van der Waals surface area contributed by atoms with Crippen LogP contribution in [0.1, 0.15) is 33.2 Å². The van der Waals surface area contributed by atoms with Crippen molar-refractivity contribution >= 4 is 28.9 Å². The Hall–Kier alpha value is -3.60. The second-order valence-corrected chi connectivity index (χ2v) is 6.75. The second-order valence-electron chi connectivity index (χ2n) is 6.75. The topological polar surface area (TPSA) is 61.4 Å². The van der Waals surface area contributed by atoms with Crippen molar-refractivity contribution in [2.24, 2.45) is 0 Å². The number of carbonyl (C=O) groups excluding carboxylic acids is 2. The maximum atomic E-state index is 13.1. The Morgan fingerprint density at radius 2 is 1.59 bits per heavy atom. The first kappa shape index (κ1) is 20.1. The second kappa shape index (κ2) is 9.06. The van der Waals surface area contributed by atoms with E-state index in [4.69, 9.17) is 0 Å². The van der Waals surface area contributed by atoms with Crippen molar-refractivity contribution in [1.82, 2.24) is 5.32 Å². The fourth-order valence-electron chi connectivity index (χ4n) is 3.10. The molecular weight excluding hydrogens is 362 g/mol. The SMILES string of the molecule is CCNC(=O)c1ccc(C)c(NC(=O)c2ccccc2N(C)c2ccccc2)c1. The van der Waals surface area contributed by atoms with Crippen molar-refractivity contribution < 1.29 is 9.59 Å². The molecule has 0 saturated carbocycles. The molecule has 0 bridgehead atoms. The average Bonchev–Trinajstić information content (AvgIpc) is 2.75. The molecule has 0 fully saturated rings. The van der Waals surface area contributed by atoms with Crippen molar-refractivity contribution in [3.05, 3.63) is 89.5 Å². The molecule has 29 heavy (non-hydrogen) atoms. The first-order chi connectivity index (χ1) is 14.0. The molecule has 0 atom stereocenters. The van der Waals surface area contributed by atoms with Crippen LogP contribution in [0.4, 0.5) is 17.1 Å². The van der Waals surface area contributed by atoms with Crippen LogP contribution in [0.25, 0.3) is 0 Å². The minimum atomic E-state index is -0.223. The predicted molar refractivity (Wildman–Crippen MR) is 118 cm³/mol. The van der Waals surface area contributed by atoms with E-state index in [1.54, 1.807) is 18.2 Å². The maximum Gasteiger partial charge on any atom is 0.257 e. The number of hydrogen-bond donors (Lipinski definition) is 2. The van der Waals surface area contributed by atoms with Gasteiger partial charge in [0.05, 0.1) is 11.3 Å². The lowest BCUT2D eigenvalue weighted by molar-refractivity contribution is 0.0954. The van der Waals surface area contributed by atoms with Gasteiger partial charge in [0, 0.05) is 30.5 Å². The van der Waals surface area contributed by atoms with Gasteiger partial charge in [-0.1, -0.05) is 36.4 Å². The van der Waals surface area contributed by atoms with Crippen LogP contribution in [0.5, 0.6) is 0 Å². The highest BCUT2D eigenvalue weighted by atomic mass is 16.2. The van der Waals surface area contributed by atoms with Crippen LogP contribution in [-0.2, 0) is 0 Å². The van der Waals surface area contributed by atoms with Gasteiger partial charge in [-0.15, -0.1) is 0 Å². The third kappa shape index (κ3) is 4.63. The normalized spacial score (nSPS) is 10.3. The molecule has 0 aliphatic rings. The molecule has 3 rings (SSSR count). The van der Waals surface area contributed by atoms with Gasteiger partial charge in [-0.3, -0.25) is 9.59 Å². The van der Waals surface area contributed by atoms with Gasteiger partial charge >= 0.3 is 0 Å². The summed E-state index contributed by atoms with van der Waals surface area (Å²) in [6.07, 6.45) is 0. The van der Waals surface area contributed by atoms with Crippen molar-refractivity contribution in [2.75, 3.05) is 23.8 Å². The van der Waals surface area contributed by atoms with Gasteiger partial charge < -0.3 is 15.5 Å². The molecule has 2 N–H and O–H groups in total. The summed E-state index contributed by atoms with van der Waals surface area (Å²) >= 11 is 0. The van der Waals surface area contributed by atoms with Gasteiger partial charge in [0.15, 0.2) is 0 Å².